The van der Waals surface area contributed by atoms with E-state index in [0.29, 0.717) is 5.56 Å². The van der Waals surface area contributed by atoms with E-state index in [9.17, 15) is 5.11 Å². The topological polar surface area (TPSA) is 50.9 Å². The largest absolute Gasteiger partial charge is 0.507 e. The molecule has 0 aliphatic rings. The summed E-state index contributed by atoms with van der Waals surface area (Å²) in [5, 5.41) is 11.3. The maximum Gasteiger partial charge on any atom is 0.148 e. The Balaban J connectivity index is 0.00000541. The van der Waals surface area contributed by atoms with E-state index >= 15 is 0 Å². The van der Waals surface area contributed by atoms with E-state index in [2.05, 4.69) is 155 Å². The van der Waals surface area contributed by atoms with Crippen molar-refractivity contribution in [2.24, 2.45) is 0 Å². The molecular weight excluding hydrogens is 830 g/mol. The molecule has 1 N–H and O–H groups in total. The zero-order chi connectivity index (χ0) is 37.9. The number of phenolic OH excluding ortho intramolecular Hbond substituents is 1. The average molecular weight is 886 g/mol. The fraction of sp³-hybridized carbons (Fsp3) is 0.375. The molecule has 0 bridgehead atoms. The van der Waals surface area contributed by atoms with Gasteiger partial charge >= 0.3 is 0 Å². The molecule has 0 unspecified atom stereocenters. The van der Waals surface area contributed by atoms with Crippen LogP contribution >= 0.6 is 0 Å². The van der Waals surface area contributed by atoms with Gasteiger partial charge in [0, 0.05) is 33.0 Å². The molecule has 0 spiro atoms. The molecule has 2 heterocycles. The Labute approximate surface area is 332 Å². The van der Waals surface area contributed by atoms with Crippen LogP contribution in [0, 0.1) is 6.07 Å². The number of hydrogen-bond donors (Lipinski definition) is 1. The zero-order valence-electron chi connectivity index (χ0n) is 33.8. The molecule has 0 radical (unpaired) electrons. The predicted octanol–water partition coefficient (Wildman–Crippen LogP) is 13.1. The van der Waals surface area contributed by atoms with Crippen LogP contribution in [-0.2, 0) is 37.3 Å². The number of imidazole rings is 1. The van der Waals surface area contributed by atoms with E-state index in [1.807, 2.05) is 24.4 Å². The van der Waals surface area contributed by atoms with Crippen molar-refractivity contribution in [1.82, 2.24) is 14.5 Å². The van der Waals surface area contributed by atoms with Crippen LogP contribution in [0.2, 0.25) is 0 Å². The van der Waals surface area contributed by atoms with Gasteiger partial charge in [0.25, 0.3) is 0 Å². The first kappa shape index (κ1) is 40.2. The molecule has 0 saturated carbocycles. The van der Waals surface area contributed by atoms with Gasteiger partial charge in [-0.25, -0.2) is 4.98 Å². The number of hydrogen-bond acceptors (Lipinski definition) is 3. The van der Waals surface area contributed by atoms with Crippen molar-refractivity contribution in [3.05, 3.63) is 119 Å². The van der Waals surface area contributed by atoms with Crippen LogP contribution in [0.25, 0.3) is 50.5 Å². The smallest absolute Gasteiger partial charge is 0.148 e. The number of fused-ring (bicyclic) bond motifs is 1. The Morgan fingerprint density at radius 1 is 0.642 bits per heavy atom. The van der Waals surface area contributed by atoms with Crippen molar-refractivity contribution >= 4 is 11.0 Å². The predicted molar refractivity (Wildman–Crippen MR) is 220 cm³/mol. The average Bonchev–Trinajstić information content (AvgIpc) is 3.45. The third-order valence-electron chi connectivity index (χ3n) is 10.2. The molecule has 0 saturated heterocycles. The second kappa shape index (κ2) is 14.7. The van der Waals surface area contributed by atoms with Crippen molar-refractivity contribution in [3.63, 3.8) is 0 Å². The molecule has 2 aromatic heterocycles. The number of phenols is 1. The van der Waals surface area contributed by atoms with Gasteiger partial charge in [-0.3, -0.25) is 9.55 Å². The first-order valence-corrected chi connectivity index (χ1v) is 18.8. The van der Waals surface area contributed by atoms with Gasteiger partial charge in [-0.15, -0.1) is 28.8 Å². The maximum atomic E-state index is 11.3. The molecule has 0 amide bonds. The monoisotopic (exact) mass is 885 g/mol. The van der Waals surface area contributed by atoms with Crippen molar-refractivity contribution < 1.29 is 26.2 Å². The number of pyridine rings is 1. The van der Waals surface area contributed by atoms with E-state index in [1.165, 1.54) is 27.8 Å². The van der Waals surface area contributed by atoms with Crippen molar-refractivity contribution in [1.29, 1.82) is 0 Å². The molecule has 280 valence electrons. The molecule has 6 rings (SSSR count). The standard InChI is InChI=1S/C48H56N3O.Pt/c1-29(2)32-19-16-20-33(30(3)4)44(32)51-41-22-17-21-34(43(41)50-45(51)35-18-14-15-23-42(35)52)36-27-37(40-26-31(24-25-49-40)46(5,6)7)39(48(11,12)13)28-38(36)47(8,9)10;/h14-26,28-30,52H,1-13H3;/q-1;. The molecule has 4 aromatic carbocycles. The number of rotatable bonds is 6. The summed E-state index contributed by atoms with van der Waals surface area (Å²) in [4.78, 5) is 10.5. The van der Waals surface area contributed by atoms with Gasteiger partial charge < -0.3 is 5.11 Å². The van der Waals surface area contributed by atoms with Crippen molar-refractivity contribution in [3.8, 4) is 45.2 Å². The second-order valence-electron chi connectivity index (χ2n) is 18.1. The molecule has 4 nitrogen and oxygen atoms in total. The summed E-state index contributed by atoms with van der Waals surface area (Å²) < 4.78 is 2.30. The van der Waals surface area contributed by atoms with Gasteiger partial charge in [0.15, 0.2) is 0 Å². The van der Waals surface area contributed by atoms with Gasteiger partial charge in [0.2, 0.25) is 0 Å². The molecule has 0 atom stereocenters. The number of aromatic hydroxyl groups is 1. The minimum atomic E-state index is -0.189. The van der Waals surface area contributed by atoms with E-state index < -0.39 is 0 Å². The van der Waals surface area contributed by atoms with Crippen molar-refractivity contribution in [2.45, 2.75) is 118 Å². The van der Waals surface area contributed by atoms with Crippen LogP contribution in [0.15, 0.2) is 85.1 Å². The van der Waals surface area contributed by atoms with Gasteiger partial charge in [0.1, 0.15) is 11.6 Å². The Kier molecular flexibility index (Phi) is 11.1. The molecule has 0 aliphatic heterocycles. The van der Waals surface area contributed by atoms with Crippen LogP contribution < -0.4 is 0 Å². The zero-order valence-corrected chi connectivity index (χ0v) is 36.1. The van der Waals surface area contributed by atoms with Gasteiger partial charge in [-0.1, -0.05) is 150 Å². The third kappa shape index (κ3) is 7.68. The molecule has 0 aliphatic carbocycles. The molecular formula is C48H56N3OPt-. The molecule has 5 heteroatoms. The number of benzene rings is 4. The number of nitrogens with zero attached hydrogens (tertiary/aromatic N) is 3. The summed E-state index contributed by atoms with van der Waals surface area (Å²) >= 11 is 0. The molecule has 53 heavy (non-hydrogen) atoms. The van der Waals surface area contributed by atoms with Crippen LogP contribution in [0.1, 0.15) is 130 Å². The van der Waals surface area contributed by atoms with E-state index in [0.717, 1.165) is 44.9 Å². The molecule has 0 fully saturated rings. The Hall–Kier alpha value is -4.01. The number of aromatic nitrogens is 3. The quantitative estimate of drug-likeness (QED) is 0.170. The van der Waals surface area contributed by atoms with E-state index in [1.54, 1.807) is 6.07 Å². The van der Waals surface area contributed by atoms with Crippen molar-refractivity contribution in [2.75, 3.05) is 0 Å². The normalized spacial score (nSPS) is 12.5. The van der Waals surface area contributed by atoms with Gasteiger partial charge in [-0.05, 0) is 69.0 Å². The summed E-state index contributed by atoms with van der Waals surface area (Å²) in [6.07, 6.45) is 1.94. The van der Waals surface area contributed by atoms with Crippen LogP contribution in [-0.4, -0.2) is 19.6 Å². The van der Waals surface area contributed by atoms with Gasteiger partial charge in [0.05, 0.1) is 22.3 Å². The summed E-state index contributed by atoms with van der Waals surface area (Å²) in [6.45, 7) is 29.4. The SMILES string of the molecule is CC(C)c1cccc(C(C)C)c1-n1c(-c2ccccc2O)nc2c(-c3[c-]c(-c4cc(C(C)(C)C)ccn4)c(C(C)(C)C)cc3C(C)(C)C)cccc21.[Pt]. The number of para-hydroxylation sites is 3. The fourth-order valence-electron chi connectivity index (χ4n) is 7.32. The summed E-state index contributed by atoms with van der Waals surface area (Å²) in [5.74, 6) is 1.48. The van der Waals surface area contributed by atoms with E-state index in [4.69, 9.17) is 9.97 Å². The van der Waals surface area contributed by atoms with Crippen LogP contribution in [0.3, 0.4) is 0 Å². The van der Waals surface area contributed by atoms with E-state index in [-0.39, 0.29) is 54.9 Å². The van der Waals surface area contributed by atoms with Gasteiger partial charge in [-0.2, -0.15) is 0 Å². The van der Waals surface area contributed by atoms with Crippen LogP contribution in [0.4, 0.5) is 0 Å². The summed E-state index contributed by atoms with van der Waals surface area (Å²) in [6, 6.07) is 31.5. The third-order valence-corrected chi connectivity index (χ3v) is 10.2. The first-order chi connectivity index (χ1) is 24.3. The Morgan fingerprint density at radius 2 is 1.21 bits per heavy atom. The maximum absolute atomic E-state index is 11.3. The minimum absolute atomic E-state index is 0. The van der Waals surface area contributed by atoms with Crippen LogP contribution in [0.5, 0.6) is 5.75 Å². The minimum Gasteiger partial charge on any atom is -0.507 e. The Bertz CT molecular complexity index is 2250. The Morgan fingerprint density at radius 3 is 1.77 bits per heavy atom. The second-order valence-corrected chi connectivity index (χ2v) is 18.1. The molecule has 6 aromatic rings. The summed E-state index contributed by atoms with van der Waals surface area (Å²) in [7, 11) is 0. The summed E-state index contributed by atoms with van der Waals surface area (Å²) in [5.41, 5.74) is 13.5. The first-order valence-electron chi connectivity index (χ1n) is 18.8. The fourth-order valence-corrected chi connectivity index (χ4v) is 7.32.